The van der Waals surface area contributed by atoms with E-state index in [0.717, 1.165) is 15.4 Å². The van der Waals surface area contributed by atoms with Crippen LogP contribution in [-0.4, -0.2) is 34.5 Å². The fraction of sp³-hybridized carbons (Fsp3) is 0.333. The number of hydrogen-bond acceptors (Lipinski definition) is 4. The Bertz CT molecular complexity index is 923. The van der Waals surface area contributed by atoms with Crippen LogP contribution in [0.25, 0.3) is 0 Å². The van der Waals surface area contributed by atoms with Crippen LogP contribution in [0.2, 0.25) is 5.15 Å². The lowest BCUT2D eigenvalue weighted by Gasteiger charge is -2.34. The molecular formula is C15H17ClN4O3S. The molecule has 0 saturated carbocycles. The third-order valence-corrected chi connectivity index (χ3v) is 6.75. The molecule has 1 atom stereocenters. The summed E-state index contributed by atoms with van der Waals surface area (Å²) in [7, 11) is -2.46. The number of nitrogens with zero attached hydrogens (tertiary/aromatic N) is 3. The van der Waals surface area contributed by atoms with E-state index in [4.69, 9.17) is 17.3 Å². The summed E-state index contributed by atoms with van der Waals surface area (Å²) in [5.41, 5.74) is 7.52. The number of carbonyl (C=O) groups is 1. The zero-order valence-electron chi connectivity index (χ0n) is 13.2. The third kappa shape index (κ3) is 2.60. The predicted molar refractivity (Wildman–Crippen MR) is 88.8 cm³/mol. The number of primary amides is 1. The zero-order valence-corrected chi connectivity index (χ0v) is 14.8. The van der Waals surface area contributed by atoms with Gasteiger partial charge in [-0.2, -0.15) is 9.40 Å². The quantitative estimate of drug-likeness (QED) is 0.873. The molecule has 2 aromatic rings. The molecule has 128 valence electrons. The molecule has 1 amide bonds. The number of aryl methyl sites for hydroxylation is 2. The first-order chi connectivity index (χ1) is 11.2. The molecule has 0 unspecified atom stereocenters. The zero-order chi connectivity index (χ0) is 17.6. The minimum atomic E-state index is -4.02. The lowest BCUT2D eigenvalue weighted by Crippen LogP contribution is -2.51. The van der Waals surface area contributed by atoms with E-state index in [1.54, 1.807) is 14.0 Å². The molecule has 0 fully saturated rings. The smallest absolute Gasteiger partial charge is 0.249 e. The monoisotopic (exact) mass is 368 g/mol. The Morgan fingerprint density at radius 2 is 1.96 bits per heavy atom. The average molecular weight is 369 g/mol. The second kappa shape index (κ2) is 5.87. The van der Waals surface area contributed by atoms with Crippen molar-refractivity contribution in [2.24, 2.45) is 12.8 Å². The summed E-state index contributed by atoms with van der Waals surface area (Å²) in [5, 5.41) is 4.06. The number of benzene rings is 1. The van der Waals surface area contributed by atoms with Gasteiger partial charge in [0.05, 0.1) is 5.69 Å². The highest BCUT2D eigenvalue weighted by Gasteiger charge is 2.41. The highest BCUT2D eigenvalue weighted by atomic mass is 35.5. The number of aromatic nitrogens is 2. The Balaban J connectivity index is 2.13. The largest absolute Gasteiger partial charge is 0.368 e. The number of halogens is 1. The van der Waals surface area contributed by atoms with Crippen molar-refractivity contribution in [1.29, 1.82) is 0 Å². The van der Waals surface area contributed by atoms with E-state index in [1.165, 1.54) is 4.68 Å². The van der Waals surface area contributed by atoms with Crippen molar-refractivity contribution in [3.05, 3.63) is 46.2 Å². The van der Waals surface area contributed by atoms with Crippen molar-refractivity contribution in [3.8, 4) is 0 Å². The van der Waals surface area contributed by atoms with E-state index in [0.29, 0.717) is 0 Å². The molecule has 0 radical (unpaired) electrons. The maximum atomic E-state index is 13.1. The topological polar surface area (TPSA) is 98.3 Å². The number of sulfonamides is 1. The van der Waals surface area contributed by atoms with E-state index in [9.17, 15) is 13.2 Å². The summed E-state index contributed by atoms with van der Waals surface area (Å²) < 4.78 is 28.7. The van der Waals surface area contributed by atoms with Crippen LogP contribution in [0.15, 0.2) is 29.2 Å². The van der Waals surface area contributed by atoms with Crippen LogP contribution in [0.4, 0.5) is 0 Å². The van der Waals surface area contributed by atoms with Crippen molar-refractivity contribution in [1.82, 2.24) is 14.1 Å². The average Bonchev–Trinajstić information content (AvgIpc) is 2.79. The molecule has 1 aliphatic rings. The van der Waals surface area contributed by atoms with E-state index in [-0.39, 0.29) is 28.7 Å². The van der Waals surface area contributed by atoms with Crippen molar-refractivity contribution in [2.45, 2.75) is 30.8 Å². The van der Waals surface area contributed by atoms with Gasteiger partial charge in [0.25, 0.3) is 0 Å². The maximum Gasteiger partial charge on any atom is 0.249 e. The van der Waals surface area contributed by atoms with Gasteiger partial charge in [-0.25, -0.2) is 8.42 Å². The van der Waals surface area contributed by atoms with Crippen LogP contribution in [0.5, 0.6) is 0 Å². The molecule has 1 aliphatic heterocycles. The van der Waals surface area contributed by atoms with Crippen LogP contribution in [0.3, 0.4) is 0 Å². The molecule has 24 heavy (non-hydrogen) atoms. The standard InChI is InChI=1S/C15H17ClN4O3S/c1-9-13(14(16)19(2)18-9)24(22,23)20-8-11-6-4-3-5-10(11)7-12(20)15(17)21/h3-6,12H,7-8H2,1-2H3,(H2,17,21)/t12-/m0/s1. The highest BCUT2D eigenvalue weighted by molar-refractivity contribution is 7.89. The minimum Gasteiger partial charge on any atom is -0.368 e. The van der Waals surface area contributed by atoms with Gasteiger partial charge < -0.3 is 5.73 Å². The molecule has 0 bridgehead atoms. The summed E-state index contributed by atoms with van der Waals surface area (Å²) in [6.45, 7) is 1.63. The lowest BCUT2D eigenvalue weighted by atomic mass is 9.96. The summed E-state index contributed by atoms with van der Waals surface area (Å²) in [4.78, 5) is 11.8. The molecule has 9 heteroatoms. The first-order valence-electron chi connectivity index (χ1n) is 7.30. The van der Waals surface area contributed by atoms with Crippen LogP contribution >= 0.6 is 11.6 Å². The number of amides is 1. The first kappa shape index (κ1) is 16.9. The van der Waals surface area contributed by atoms with Crippen molar-refractivity contribution >= 4 is 27.5 Å². The Morgan fingerprint density at radius 1 is 1.33 bits per heavy atom. The number of carbonyl (C=O) groups excluding carboxylic acids is 1. The van der Waals surface area contributed by atoms with Crippen LogP contribution in [0, 0.1) is 6.92 Å². The number of rotatable bonds is 3. The van der Waals surface area contributed by atoms with E-state index in [2.05, 4.69) is 5.10 Å². The molecular weight excluding hydrogens is 352 g/mol. The molecule has 0 saturated heterocycles. The van der Waals surface area contributed by atoms with Crippen LogP contribution in [-0.2, 0) is 34.8 Å². The van der Waals surface area contributed by atoms with Gasteiger partial charge in [-0.05, 0) is 24.5 Å². The molecule has 1 aromatic heterocycles. The summed E-state index contributed by atoms with van der Waals surface area (Å²) in [6, 6.07) is 6.44. The molecule has 1 aromatic carbocycles. The Morgan fingerprint density at radius 3 is 2.50 bits per heavy atom. The minimum absolute atomic E-state index is 0.00887. The first-order valence-corrected chi connectivity index (χ1v) is 9.12. The summed E-state index contributed by atoms with van der Waals surface area (Å²) in [5.74, 6) is -0.689. The fourth-order valence-corrected chi connectivity index (χ4v) is 5.30. The molecule has 3 rings (SSSR count). The lowest BCUT2D eigenvalue weighted by molar-refractivity contribution is -0.122. The Kier molecular flexibility index (Phi) is 4.15. The Hall–Kier alpha value is -1.90. The predicted octanol–water partition coefficient (Wildman–Crippen LogP) is 0.983. The van der Waals surface area contributed by atoms with Crippen molar-refractivity contribution < 1.29 is 13.2 Å². The summed E-state index contributed by atoms with van der Waals surface area (Å²) >= 11 is 6.12. The number of hydrogen-bond donors (Lipinski definition) is 1. The molecule has 0 aliphatic carbocycles. The maximum absolute atomic E-state index is 13.1. The van der Waals surface area contributed by atoms with Crippen molar-refractivity contribution in [2.75, 3.05) is 0 Å². The van der Waals surface area contributed by atoms with E-state index < -0.39 is 22.0 Å². The fourth-order valence-electron chi connectivity index (χ4n) is 3.01. The van der Waals surface area contributed by atoms with Crippen molar-refractivity contribution in [3.63, 3.8) is 0 Å². The molecule has 7 nitrogen and oxygen atoms in total. The highest BCUT2D eigenvalue weighted by Crippen LogP contribution is 2.33. The van der Waals surface area contributed by atoms with Gasteiger partial charge in [-0.3, -0.25) is 9.48 Å². The normalized spacial score (nSPS) is 18.4. The van der Waals surface area contributed by atoms with Crippen LogP contribution in [0.1, 0.15) is 16.8 Å². The van der Waals surface area contributed by atoms with Gasteiger partial charge in [0.2, 0.25) is 15.9 Å². The number of fused-ring (bicyclic) bond motifs is 1. The molecule has 0 spiro atoms. The summed E-state index contributed by atoms with van der Waals surface area (Å²) in [6.07, 6.45) is 0.238. The second-order valence-corrected chi connectivity index (χ2v) is 7.96. The second-order valence-electron chi connectivity index (χ2n) is 5.77. The van der Waals surface area contributed by atoms with Gasteiger partial charge >= 0.3 is 0 Å². The van der Waals surface area contributed by atoms with Gasteiger partial charge in [0, 0.05) is 13.6 Å². The Labute approximate surface area is 145 Å². The van der Waals surface area contributed by atoms with E-state index >= 15 is 0 Å². The molecule has 2 N–H and O–H groups in total. The van der Waals surface area contributed by atoms with E-state index in [1.807, 2.05) is 24.3 Å². The van der Waals surface area contributed by atoms with Gasteiger partial charge in [0.1, 0.15) is 16.1 Å². The third-order valence-electron chi connectivity index (χ3n) is 4.20. The number of nitrogens with two attached hydrogens (primary N) is 1. The van der Waals surface area contributed by atoms with Gasteiger partial charge in [-0.1, -0.05) is 35.9 Å². The van der Waals surface area contributed by atoms with Gasteiger partial charge in [-0.15, -0.1) is 0 Å². The molecule has 2 heterocycles. The van der Waals surface area contributed by atoms with Crippen LogP contribution < -0.4 is 5.73 Å². The SMILES string of the molecule is Cc1nn(C)c(Cl)c1S(=O)(=O)N1Cc2ccccc2C[C@H]1C(N)=O. The van der Waals surface area contributed by atoms with Gasteiger partial charge in [0.15, 0.2) is 0 Å².